The van der Waals surface area contributed by atoms with E-state index in [0.29, 0.717) is 17.3 Å². The van der Waals surface area contributed by atoms with Gasteiger partial charge < -0.3 is 4.90 Å². The van der Waals surface area contributed by atoms with Gasteiger partial charge in [-0.3, -0.25) is 14.9 Å². The summed E-state index contributed by atoms with van der Waals surface area (Å²) >= 11 is 7.31. The van der Waals surface area contributed by atoms with Gasteiger partial charge in [-0.2, -0.15) is 0 Å². The number of thioether (sulfide) groups is 1. The molecular formula is C17H15ClN2O3S. The topological polar surface area (TPSA) is 63.5 Å². The molecule has 124 valence electrons. The molecule has 1 heterocycles. The predicted molar refractivity (Wildman–Crippen MR) is 95.9 cm³/mol. The van der Waals surface area contributed by atoms with Crippen molar-refractivity contribution in [2.24, 2.45) is 0 Å². The number of carbonyl (C=O) groups excluding carboxylic acids is 1. The molecule has 0 aliphatic carbocycles. The molecule has 3 rings (SSSR count). The highest BCUT2D eigenvalue weighted by Gasteiger charge is 2.24. The number of hydrogen-bond donors (Lipinski definition) is 0. The fraction of sp³-hybridized carbons (Fsp3) is 0.235. The molecule has 24 heavy (non-hydrogen) atoms. The van der Waals surface area contributed by atoms with E-state index < -0.39 is 4.92 Å². The predicted octanol–water partition coefficient (Wildman–Crippen LogP) is 4.32. The Kier molecular flexibility index (Phi) is 5.06. The number of benzene rings is 2. The summed E-state index contributed by atoms with van der Waals surface area (Å²) in [5.41, 5.74) is 1.72. The highest BCUT2D eigenvalue weighted by Crippen LogP contribution is 2.31. The Balaban J connectivity index is 1.72. The van der Waals surface area contributed by atoms with Crippen LogP contribution in [0.15, 0.2) is 47.4 Å². The third-order valence-electron chi connectivity index (χ3n) is 3.87. The Hall–Kier alpha value is -2.05. The maximum absolute atomic E-state index is 12.6. The van der Waals surface area contributed by atoms with E-state index in [1.165, 1.54) is 17.8 Å². The van der Waals surface area contributed by atoms with Crippen molar-refractivity contribution in [2.75, 3.05) is 17.2 Å². The lowest BCUT2D eigenvalue weighted by molar-refractivity contribution is -0.384. The number of rotatable bonds is 4. The minimum absolute atomic E-state index is 0.00440. The van der Waals surface area contributed by atoms with E-state index in [1.54, 1.807) is 29.2 Å². The minimum Gasteiger partial charge on any atom is -0.311 e. The van der Waals surface area contributed by atoms with Crippen LogP contribution in [0, 0.1) is 10.1 Å². The van der Waals surface area contributed by atoms with Gasteiger partial charge >= 0.3 is 0 Å². The number of anilines is 1. The van der Waals surface area contributed by atoms with Gasteiger partial charge in [-0.15, -0.1) is 11.8 Å². The van der Waals surface area contributed by atoms with Gasteiger partial charge in [0.1, 0.15) is 0 Å². The highest BCUT2D eigenvalue weighted by molar-refractivity contribution is 8.00. The van der Waals surface area contributed by atoms with Gasteiger partial charge in [0, 0.05) is 34.3 Å². The first kappa shape index (κ1) is 16.8. The van der Waals surface area contributed by atoms with Crippen molar-refractivity contribution in [1.82, 2.24) is 0 Å². The maximum Gasteiger partial charge on any atom is 0.269 e. The molecule has 0 atom stereocenters. The average Bonchev–Trinajstić information content (AvgIpc) is 2.60. The number of carbonyl (C=O) groups is 1. The largest absolute Gasteiger partial charge is 0.311 e. The van der Waals surface area contributed by atoms with Crippen molar-refractivity contribution in [2.45, 2.75) is 17.7 Å². The normalized spacial score (nSPS) is 13.5. The Morgan fingerprint density at radius 3 is 2.71 bits per heavy atom. The zero-order valence-electron chi connectivity index (χ0n) is 12.8. The van der Waals surface area contributed by atoms with E-state index in [4.69, 9.17) is 11.6 Å². The average molecular weight is 363 g/mol. The first-order chi connectivity index (χ1) is 11.5. The molecule has 2 aromatic rings. The molecule has 1 amide bonds. The summed E-state index contributed by atoms with van der Waals surface area (Å²) in [5.74, 6) is 0.322. The molecule has 0 spiro atoms. The van der Waals surface area contributed by atoms with Gasteiger partial charge in [-0.1, -0.05) is 11.6 Å². The van der Waals surface area contributed by atoms with Crippen LogP contribution >= 0.6 is 23.4 Å². The fourth-order valence-corrected chi connectivity index (χ4v) is 3.61. The zero-order valence-corrected chi connectivity index (χ0v) is 14.3. The monoisotopic (exact) mass is 362 g/mol. The first-order valence-corrected chi connectivity index (χ1v) is 8.87. The maximum atomic E-state index is 12.6. The number of non-ortho nitro benzene ring substituents is 1. The van der Waals surface area contributed by atoms with E-state index >= 15 is 0 Å². The first-order valence-electron chi connectivity index (χ1n) is 7.50. The van der Waals surface area contributed by atoms with Crippen LogP contribution in [0.25, 0.3) is 0 Å². The molecule has 0 radical (unpaired) electrons. The number of nitro groups is 1. The lowest BCUT2D eigenvalue weighted by Crippen LogP contribution is -2.36. The number of fused-ring (bicyclic) bond motifs is 1. The molecule has 0 saturated heterocycles. The van der Waals surface area contributed by atoms with Crippen LogP contribution in [0.4, 0.5) is 11.4 Å². The summed E-state index contributed by atoms with van der Waals surface area (Å²) in [7, 11) is 0. The molecule has 2 aromatic carbocycles. The fourth-order valence-electron chi connectivity index (χ4n) is 2.71. The molecule has 7 heteroatoms. The molecule has 5 nitrogen and oxygen atoms in total. The van der Waals surface area contributed by atoms with Crippen molar-refractivity contribution < 1.29 is 9.72 Å². The smallest absolute Gasteiger partial charge is 0.269 e. The number of aryl methyl sites for hydroxylation is 1. The van der Waals surface area contributed by atoms with E-state index in [9.17, 15) is 14.9 Å². The van der Waals surface area contributed by atoms with Crippen molar-refractivity contribution in [1.29, 1.82) is 0 Å². The Labute approximate surface area is 148 Å². The van der Waals surface area contributed by atoms with Crippen LogP contribution < -0.4 is 4.90 Å². The molecule has 0 unspecified atom stereocenters. The Morgan fingerprint density at radius 2 is 2.00 bits per heavy atom. The number of nitro benzene ring substituents is 1. The second kappa shape index (κ2) is 7.23. The third-order valence-corrected chi connectivity index (χ3v) is 5.12. The highest BCUT2D eigenvalue weighted by atomic mass is 35.5. The lowest BCUT2D eigenvalue weighted by atomic mass is 10.0. The van der Waals surface area contributed by atoms with Gasteiger partial charge in [0.25, 0.3) is 5.69 Å². The second-order valence-electron chi connectivity index (χ2n) is 5.46. The quantitative estimate of drug-likeness (QED) is 0.461. The minimum atomic E-state index is -0.405. The number of halogens is 1. The van der Waals surface area contributed by atoms with E-state index in [1.807, 2.05) is 12.1 Å². The third kappa shape index (κ3) is 3.71. The van der Waals surface area contributed by atoms with Crippen LogP contribution in [-0.2, 0) is 11.2 Å². The summed E-state index contributed by atoms with van der Waals surface area (Å²) in [5, 5.41) is 11.6. The lowest BCUT2D eigenvalue weighted by Gasteiger charge is -2.29. The van der Waals surface area contributed by atoms with Crippen LogP contribution in [0.1, 0.15) is 12.0 Å². The standard InChI is InChI=1S/C17H15ClN2O3S/c18-13-3-6-15(7-4-13)24-11-17(21)19-9-1-2-12-10-14(20(22)23)5-8-16(12)19/h3-8,10H,1-2,9,11H2. The molecule has 1 aliphatic rings. The van der Waals surface area contributed by atoms with Gasteiger partial charge in [-0.05, 0) is 48.7 Å². The number of amides is 1. The van der Waals surface area contributed by atoms with E-state index in [0.717, 1.165) is 29.0 Å². The summed E-state index contributed by atoms with van der Waals surface area (Å²) in [6.45, 7) is 0.644. The van der Waals surface area contributed by atoms with Gasteiger partial charge in [-0.25, -0.2) is 0 Å². The summed E-state index contributed by atoms with van der Waals surface area (Å²) in [4.78, 5) is 25.8. The Bertz CT molecular complexity index is 780. The molecule has 0 bridgehead atoms. The zero-order chi connectivity index (χ0) is 17.1. The second-order valence-corrected chi connectivity index (χ2v) is 6.95. The van der Waals surface area contributed by atoms with Crippen LogP contribution in [0.5, 0.6) is 0 Å². The molecule has 1 aliphatic heterocycles. The van der Waals surface area contributed by atoms with Crippen molar-refractivity contribution in [3.63, 3.8) is 0 Å². The molecule has 0 aromatic heterocycles. The van der Waals surface area contributed by atoms with Crippen LogP contribution in [0.2, 0.25) is 5.02 Å². The number of hydrogen-bond acceptors (Lipinski definition) is 4. The van der Waals surface area contributed by atoms with Crippen LogP contribution in [0.3, 0.4) is 0 Å². The molecule has 0 N–H and O–H groups in total. The van der Waals surface area contributed by atoms with E-state index in [2.05, 4.69) is 0 Å². The Morgan fingerprint density at radius 1 is 1.25 bits per heavy atom. The molecule has 0 saturated carbocycles. The van der Waals surface area contributed by atoms with Crippen LogP contribution in [-0.4, -0.2) is 23.1 Å². The number of nitrogens with zero attached hydrogens (tertiary/aromatic N) is 2. The van der Waals surface area contributed by atoms with Crippen molar-refractivity contribution >= 4 is 40.6 Å². The van der Waals surface area contributed by atoms with Gasteiger partial charge in [0.05, 0.1) is 10.7 Å². The van der Waals surface area contributed by atoms with Gasteiger partial charge in [0.15, 0.2) is 0 Å². The van der Waals surface area contributed by atoms with Crippen molar-refractivity contribution in [3.8, 4) is 0 Å². The molecular weight excluding hydrogens is 348 g/mol. The molecule has 0 fully saturated rings. The SMILES string of the molecule is O=C(CSc1ccc(Cl)cc1)N1CCCc2cc([N+](=O)[O-])ccc21. The summed E-state index contributed by atoms with van der Waals surface area (Å²) < 4.78 is 0. The van der Waals surface area contributed by atoms with Gasteiger partial charge in [0.2, 0.25) is 5.91 Å². The summed E-state index contributed by atoms with van der Waals surface area (Å²) in [6, 6.07) is 12.1. The van der Waals surface area contributed by atoms with Crippen molar-refractivity contribution in [3.05, 3.63) is 63.2 Å². The summed E-state index contributed by atoms with van der Waals surface area (Å²) in [6.07, 6.45) is 1.57. The van der Waals surface area contributed by atoms with E-state index in [-0.39, 0.29) is 11.6 Å².